The number of carbonyl (C=O) groups excluding carboxylic acids is 1. The molecule has 2 aromatic carbocycles. The van der Waals surface area contributed by atoms with E-state index >= 15 is 0 Å². The zero-order valence-electron chi connectivity index (χ0n) is 15.3. The van der Waals surface area contributed by atoms with Crippen LogP contribution in [0.25, 0.3) is 0 Å². The van der Waals surface area contributed by atoms with Crippen molar-refractivity contribution in [3.8, 4) is 17.2 Å². The van der Waals surface area contributed by atoms with Crippen LogP contribution in [-0.4, -0.2) is 39.0 Å². The van der Waals surface area contributed by atoms with E-state index in [9.17, 15) is 26.7 Å². The molecule has 0 atom stereocenters. The number of alkyl halides is 5. The summed E-state index contributed by atoms with van der Waals surface area (Å²) in [6.45, 7) is -4.22. The van der Waals surface area contributed by atoms with E-state index in [4.69, 9.17) is 4.74 Å². The van der Waals surface area contributed by atoms with E-state index in [0.29, 0.717) is 12.0 Å². The maximum absolute atomic E-state index is 12.4. The van der Waals surface area contributed by atoms with Crippen molar-refractivity contribution in [1.82, 2.24) is 5.32 Å². The Bertz CT molecular complexity index is 809. The first-order valence-corrected chi connectivity index (χ1v) is 8.37. The van der Waals surface area contributed by atoms with E-state index in [1.807, 2.05) is 0 Å². The maximum Gasteiger partial charge on any atom is 0.422 e. The first-order chi connectivity index (χ1) is 13.7. The van der Waals surface area contributed by atoms with Crippen LogP contribution in [0, 0.1) is 0 Å². The van der Waals surface area contributed by atoms with Gasteiger partial charge in [0.15, 0.2) is 18.1 Å². The molecule has 2 rings (SSSR count). The van der Waals surface area contributed by atoms with Crippen LogP contribution >= 0.6 is 0 Å². The summed E-state index contributed by atoms with van der Waals surface area (Å²) in [6.07, 6.45) is -4.11. The van der Waals surface area contributed by atoms with Crippen molar-refractivity contribution in [2.45, 2.75) is 19.2 Å². The SMILES string of the molecule is COc1ccc(CCNC(=O)c2ccc(OCC(F)(F)F)cc2)cc1OC(F)F. The minimum atomic E-state index is -4.45. The molecule has 1 N–H and O–H groups in total. The molecule has 10 heteroatoms. The lowest BCUT2D eigenvalue weighted by Gasteiger charge is -2.12. The Morgan fingerprint density at radius 2 is 1.76 bits per heavy atom. The van der Waals surface area contributed by atoms with Crippen LogP contribution in [-0.2, 0) is 6.42 Å². The molecular formula is C19H18F5NO4. The van der Waals surface area contributed by atoms with Gasteiger partial charge in [-0.2, -0.15) is 22.0 Å². The Morgan fingerprint density at radius 1 is 1.07 bits per heavy atom. The number of rotatable bonds is 9. The number of amides is 1. The zero-order valence-corrected chi connectivity index (χ0v) is 15.3. The molecule has 5 nitrogen and oxygen atoms in total. The fraction of sp³-hybridized carbons (Fsp3) is 0.316. The van der Waals surface area contributed by atoms with Crippen molar-refractivity contribution in [3.05, 3.63) is 53.6 Å². The van der Waals surface area contributed by atoms with Crippen molar-refractivity contribution in [2.75, 3.05) is 20.3 Å². The maximum atomic E-state index is 12.4. The molecule has 0 spiro atoms. The molecule has 0 saturated carbocycles. The summed E-state index contributed by atoms with van der Waals surface area (Å²) in [7, 11) is 1.33. The van der Waals surface area contributed by atoms with Crippen LogP contribution in [0.5, 0.6) is 17.2 Å². The highest BCUT2D eigenvalue weighted by Crippen LogP contribution is 2.29. The van der Waals surface area contributed by atoms with E-state index in [-0.39, 0.29) is 29.4 Å². The number of carbonyl (C=O) groups is 1. The van der Waals surface area contributed by atoms with Gasteiger partial charge in [-0.15, -0.1) is 0 Å². The second-order valence-corrected chi connectivity index (χ2v) is 5.80. The third-order valence-electron chi connectivity index (χ3n) is 3.66. The zero-order chi connectivity index (χ0) is 21.4. The van der Waals surface area contributed by atoms with Crippen molar-refractivity contribution >= 4 is 5.91 Å². The third kappa shape index (κ3) is 7.47. The van der Waals surface area contributed by atoms with Crippen LogP contribution in [0.1, 0.15) is 15.9 Å². The highest BCUT2D eigenvalue weighted by Gasteiger charge is 2.28. The molecule has 0 aromatic heterocycles. The van der Waals surface area contributed by atoms with Gasteiger partial charge in [-0.05, 0) is 48.4 Å². The van der Waals surface area contributed by atoms with Gasteiger partial charge in [0.1, 0.15) is 5.75 Å². The highest BCUT2D eigenvalue weighted by atomic mass is 19.4. The lowest BCUT2D eigenvalue weighted by atomic mass is 10.1. The summed E-state index contributed by atoms with van der Waals surface area (Å²) in [6, 6.07) is 9.72. The van der Waals surface area contributed by atoms with Crippen molar-refractivity contribution in [3.63, 3.8) is 0 Å². The summed E-state index contributed by atoms with van der Waals surface area (Å²) in [5, 5.41) is 2.63. The van der Waals surface area contributed by atoms with E-state index in [1.54, 1.807) is 6.07 Å². The second kappa shape index (κ2) is 9.94. The third-order valence-corrected chi connectivity index (χ3v) is 3.66. The number of benzene rings is 2. The van der Waals surface area contributed by atoms with Gasteiger partial charge in [0.05, 0.1) is 7.11 Å². The quantitative estimate of drug-likeness (QED) is 0.619. The Kier molecular flexibility index (Phi) is 7.63. The van der Waals surface area contributed by atoms with Crippen molar-refractivity contribution < 1.29 is 41.0 Å². The van der Waals surface area contributed by atoms with Crippen LogP contribution in [0.15, 0.2) is 42.5 Å². The number of hydrogen-bond donors (Lipinski definition) is 1. The lowest BCUT2D eigenvalue weighted by molar-refractivity contribution is -0.153. The van der Waals surface area contributed by atoms with Crippen LogP contribution < -0.4 is 19.5 Å². The van der Waals surface area contributed by atoms with Gasteiger partial charge in [0.25, 0.3) is 5.91 Å². The molecule has 0 saturated heterocycles. The summed E-state index contributed by atoms with van der Waals surface area (Å²) in [5.74, 6) is -0.403. The molecule has 0 radical (unpaired) electrons. The summed E-state index contributed by atoms with van der Waals surface area (Å²) in [5.41, 5.74) is 0.874. The average molecular weight is 419 g/mol. The summed E-state index contributed by atoms with van der Waals surface area (Å²) >= 11 is 0. The molecule has 0 bridgehead atoms. The van der Waals surface area contributed by atoms with Crippen molar-refractivity contribution in [2.24, 2.45) is 0 Å². The Labute approximate surface area is 163 Å². The topological polar surface area (TPSA) is 56.8 Å². The lowest BCUT2D eigenvalue weighted by Crippen LogP contribution is -2.25. The predicted octanol–water partition coefficient (Wildman–Crippen LogP) is 4.21. The molecule has 0 aliphatic rings. The van der Waals surface area contributed by atoms with Gasteiger partial charge in [-0.1, -0.05) is 6.07 Å². The van der Waals surface area contributed by atoms with Gasteiger partial charge >= 0.3 is 12.8 Å². The van der Waals surface area contributed by atoms with E-state index in [1.165, 1.54) is 43.5 Å². The monoisotopic (exact) mass is 419 g/mol. The second-order valence-electron chi connectivity index (χ2n) is 5.80. The van der Waals surface area contributed by atoms with E-state index < -0.39 is 25.3 Å². The highest BCUT2D eigenvalue weighted by molar-refractivity contribution is 5.94. The smallest absolute Gasteiger partial charge is 0.422 e. The molecule has 158 valence electrons. The molecular weight excluding hydrogens is 401 g/mol. The number of methoxy groups -OCH3 is 1. The number of ether oxygens (including phenoxy) is 3. The van der Waals surface area contributed by atoms with Crippen LogP contribution in [0.3, 0.4) is 0 Å². The number of hydrogen-bond acceptors (Lipinski definition) is 4. The minimum absolute atomic E-state index is 0.0105. The predicted molar refractivity (Wildman–Crippen MR) is 93.7 cm³/mol. The Hall–Kier alpha value is -3.04. The van der Waals surface area contributed by atoms with Crippen LogP contribution in [0.2, 0.25) is 0 Å². The standard InChI is InChI=1S/C19H18F5NO4/c1-27-15-7-2-12(10-16(15)29-18(20)21)8-9-25-17(26)13-3-5-14(6-4-13)28-11-19(22,23)24/h2-7,10,18H,8-9,11H2,1H3,(H,25,26). The largest absolute Gasteiger partial charge is 0.493 e. The summed E-state index contributed by atoms with van der Waals surface area (Å²) < 4.78 is 75.2. The fourth-order valence-corrected chi connectivity index (χ4v) is 2.35. The van der Waals surface area contributed by atoms with Gasteiger partial charge in [-0.25, -0.2) is 0 Å². The van der Waals surface area contributed by atoms with Gasteiger partial charge < -0.3 is 19.5 Å². The minimum Gasteiger partial charge on any atom is -0.493 e. The van der Waals surface area contributed by atoms with Gasteiger partial charge in [0.2, 0.25) is 0 Å². The normalized spacial score (nSPS) is 11.3. The van der Waals surface area contributed by atoms with Gasteiger partial charge in [-0.3, -0.25) is 4.79 Å². The molecule has 0 heterocycles. The number of nitrogens with one attached hydrogen (secondary N) is 1. The fourth-order valence-electron chi connectivity index (χ4n) is 2.35. The molecule has 29 heavy (non-hydrogen) atoms. The first kappa shape index (κ1) is 22.3. The molecule has 0 unspecified atom stereocenters. The van der Waals surface area contributed by atoms with E-state index in [2.05, 4.69) is 14.8 Å². The van der Waals surface area contributed by atoms with E-state index in [0.717, 1.165) is 0 Å². The Balaban J connectivity index is 1.88. The average Bonchev–Trinajstić information content (AvgIpc) is 2.66. The molecule has 1 amide bonds. The summed E-state index contributed by atoms with van der Waals surface area (Å²) in [4.78, 5) is 12.1. The molecule has 0 fully saturated rings. The molecule has 0 aliphatic carbocycles. The van der Waals surface area contributed by atoms with Crippen LogP contribution in [0.4, 0.5) is 22.0 Å². The first-order valence-electron chi connectivity index (χ1n) is 8.37. The number of halogens is 5. The van der Waals surface area contributed by atoms with Gasteiger partial charge in [0, 0.05) is 12.1 Å². The molecule has 0 aliphatic heterocycles. The Morgan fingerprint density at radius 3 is 2.34 bits per heavy atom. The molecule has 2 aromatic rings. The van der Waals surface area contributed by atoms with Crippen molar-refractivity contribution in [1.29, 1.82) is 0 Å².